The third-order valence-electron chi connectivity index (χ3n) is 2.97. The number of nitrogens with zero attached hydrogens (tertiary/aromatic N) is 2. The molecule has 1 fully saturated rings. The van der Waals surface area contributed by atoms with Crippen molar-refractivity contribution in [3.05, 3.63) is 22.9 Å². The number of aromatic nitrogens is 2. The normalized spacial score (nSPS) is 24.6. The molecule has 4 heteroatoms. The Morgan fingerprint density at radius 2 is 2.27 bits per heavy atom. The second kappa shape index (κ2) is 3.52. The van der Waals surface area contributed by atoms with Gasteiger partial charge in [-0.3, -0.25) is 4.57 Å². The number of hydrogen-bond donors (Lipinski definition) is 0. The van der Waals surface area contributed by atoms with Crippen molar-refractivity contribution in [1.29, 1.82) is 0 Å². The summed E-state index contributed by atoms with van der Waals surface area (Å²) < 4.78 is 9.15. The SMILES string of the molecule is Cn1ccn(CC2CCC(C)(C)O2)c1=O. The summed E-state index contributed by atoms with van der Waals surface area (Å²) in [5, 5.41) is 0. The Hall–Kier alpha value is -1.03. The number of hydrogen-bond acceptors (Lipinski definition) is 2. The molecule has 1 atom stereocenters. The standard InChI is InChI=1S/C11H18N2O2/c1-11(2)5-4-9(15-11)8-13-7-6-12(3)10(13)14/h6-7,9H,4-5,8H2,1-3H3. The molecule has 1 aromatic rings. The van der Waals surface area contributed by atoms with Crippen molar-refractivity contribution in [3.63, 3.8) is 0 Å². The summed E-state index contributed by atoms with van der Waals surface area (Å²) in [6, 6.07) is 0. The Balaban J connectivity index is 2.05. The summed E-state index contributed by atoms with van der Waals surface area (Å²) >= 11 is 0. The smallest absolute Gasteiger partial charge is 0.327 e. The molecule has 2 heterocycles. The average molecular weight is 210 g/mol. The Bertz CT molecular complexity index is 403. The third-order valence-corrected chi connectivity index (χ3v) is 2.97. The van der Waals surface area contributed by atoms with E-state index in [1.807, 2.05) is 6.20 Å². The predicted octanol–water partition coefficient (Wildman–Crippen LogP) is 1.14. The molecule has 0 aromatic carbocycles. The molecule has 1 aliphatic rings. The summed E-state index contributed by atoms with van der Waals surface area (Å²) in [5.41, 5.74) is 0.00609. The molecule has 1 aromatic heterocycles. The maximum Gasteiger partial charge on any atom is 0.327 e. The summed E-state index contributed by atoms with van der Waals surface area (Å²) in [6.45, 7) is 4.87. The molecular formula is C11H18N2O2. The van der Waals surface area contributed by atoms with Crippen LogP contribution in [0.2, 0.25) is 0 Å². The van der Waals surface area contributed by atoms with Crippen molar-refractivity contribution in [2.24, 2.45) is 7.05 Å². The van der Waals surface area contributed by atoms with Gasteiger partial charge in [-0.15, -0.1) is 0 Å². The molecule has 15 heavy (non-hydrogen) atoms. The van der Waals surface area contributed by atoms with Crippen LogP contribution in [0.25, 0.3) is 0 Å². The van der Waals surface area contributed by atoms with E-state index in [-0.39, 0.29) is 17.4 Å². The van der Waals surface area contributed by atoms with Gasteiger partial charge in [-0.2, -0.15) is 0 Å². The second-order valence-corrected chi connectivity index (χ2v) is 4.88. The van der Waals surface area contributed by atoms with Gasteiger partial charge in [0.05, 0.1) is 18.2 Å². The van der Waals surface area contributed by atoms with E-state index in [9.17, 15) is 4.79 Å². The van der Waals surface area contributed by atoms with Crippen LogP contribution in [-0.4, -0.2) is 20.8 Å². The van der Waals surface area contributed by atoms with E-state index in [1.54, 1.807) is 22.4 Å². The maximum atomic E-state index is 11.6. The topological polar surface area (TPSA) is 36.2 Å². The Morgan fingerprint density at radius 3 is 2.73 bits per heavy atom. The number of aryl methyl sites for hydroxylation is 1. The summed E-state index contributed by atoms with van der Waals surface area (Å²) in [6.07, 6.45) is 5.88. The first-order chi connectivity index (χ1) is 6.98. The quantitative estimate of drug-likeness (QED) is 0.734. The summed E-state index contributed by atoms with van der Waals surface area (Å²) in [5.74, 6) is 0. The lowest BCUT2D eigenvalue weighted by Gasteiger charge is -2.19. The summed E-state index contributed by atoms with van der Waals surface area (Å²) in [7, 11) is 1.76. The van der Waals surface area contributed by atoms with Crippen molar-refractivity contribution >= 4 is 0 Å². The van der Waals surface area contributed by atoms with Crippen LogP contribution in [0.5, 0.6) is 0 Å². The van der Waals surface area contributed by atoms with Crippen LogP contribution >= 0.6 is 0 Å². The predicted molar refractivity (Wildman–Crippen MR) is 57.9 cm³/mol. The number of ether oxygens (including phenoxy) is 1. The number of imidazole rings is 1. The van der Waals surface area contributed by atoms with Crippen LogP contribution in [0.15, 0.2) is 17.2 Å². The van der Waals surface area contributed by atoms with E-state index < -0.39 is 0 Å². The summed E-state index contributed by atoms with van der Waals surface area (Å²) in [4.78, 5) is 11.6. The fourth-order valence-corrected chi connectivity index (χ4v) is 2.08. The fraction of sp³-hybridized carbons (Fsp3) is 0.727. The third kappa shape index (κ3) is 2.15. The van der Waals surface area contributed by atoms with Crippen LogP contribution in [-0.2, 0) is 18.3 Å². The fourth-order valence-electron chi connectivity index (χ4n) is 2.08. The van der Waals surface area contributed by atoms with Crippen LogP contribution in [0, 0.1) is 0 Å². The zero-order valence-corrected chi connectivity index (χ0v) is 9.56. The molecule has 4 nitrogen and oxygen atoms in total. The van der Waals surface area contributed by atoms with Crippen molar-refractivity contribution < 1.29 is 4.74 Å². The minimum atomic E-state index is -0.0247. The van der Waals surface area contributed by atoms with E-state index in [0.717, 1.165) is 12.8 Å². The van der Waals surface area contributed by atoms with Crippen LogP contribution < -0.4 is 5.69 Å². The van der Waals surface area contributed by atoms with Gasteiger partial charge in [0.25, 0.3) is 0 Å². The first-order valence-electron chi connectivity index (χ1n) is 5.37. The maximum absolute atomic E-state index is 11.6. The van der Waals surface area contributed by atoms with E-state index in [1.165, 1.54) is 0 Å². The highest BCUT2D eigenvalue weighted by Crippen LogP contribution is 2.29. The van der Waals surface area contributed by atoms with E-state index in [0.29, 0.717) is 6.54 Å². The van der Waals surface area contributed by atoms with E-state index in [2.05, 4.69) is 13.8 Å². The first kappa shape index (κ1) is 10.5. The molecule has 1 unspecified atom stereocenters. The van der Waals surface area contributed by atoms with Gasteiger partial charge in [0.15, 0.2) is 0 Å². The molecule has 0 bridgehead atoms. The van der Waals surface area contributed by atoms with Gasteiger partial charge < -0.3 is 9.30 Å². The molecular weight excluding hydrogens is 192 g/mol. The van der Waals surface area contributed by atoms with Gasteiger partial charge in [-0.1, -0.05) is 0 Å². The van der Waals surface area contributed by atoms with Crippen LogP contribution in [0.1, 0.15) is 26.7 Å². The van der Waals surface area contributed by atoms with Crippen molar-refractivity contribution in [3.8, 4) is 0 Å². The largest absolute Gasteiger partial charge is 0.370 e. The van der Waals surface area contributed by atoms with Crippen molar-refractivity contribution in [1.82, 2.24) is 9.13 Å². The molecule has 1 saturated heterocycles. The monoisotopic (exact) mass is 210 g/mol. The molecule has 0 aliphatic carbocycles. The minimum absolute atomic E-state index is 0.0247. The lowest BCUT2D eigenvalue weighted by atomic mass is 10.1. The van der Waals surface area contributed by atoms with Gasteiger partial charge in [-0.05, 0) is 26.7 Å². The molecule has 1 aliphatic heterocycles. The molecule has 2 rings (SSSR count). The number of rotatable bonds is 2. The lowest BCUT2D eigenvalue weighted by Crippen LogP contribution is -2.28. The van der Waals surface area contributed by atoms with Crippen molar-refractivity contribution in [2.75, 3.05) is 0 Å². The highest BCUT2D eigenvalue weighted by atomic mass is 16.5. The van der Waals surface area contributed by atoms with E-state index >= 15 is 0 Å². The van der Waals surface area contributed by atoms with Crippen molar-refractivity contribution in [2.45, 2.75) is 44.9 Å². The highest BCUT2D eigenvalue weighted by molar-refractivity contribution is 4.85. The molecule has 0 amide bonds. The molecule has 0 spiro atoms. The van der Waals surface area contributed by atoms with Crippen LogP contribution in [0.4, 0.5) is 0 Å². The second-order valence-electron chi connectivity index (χ2n) is 4.88. The van der Waals surface area contributed by atoms with E-state index in [4.69, 9.17) is 4.74 Å². The Kier molecular flexibility index (Phi) is 2.46. The van der Waals surface area contributed by atoms with Gasteiger partial charge >= 0.3 is 5.69 Å². The van der Waals surface area contributed by atoms with Gasteiger partial charge in [0.1, 0.15) is 0 Å². The lowest BCUT2D eigenvalue weighted by molar-refractivity contribution is -0.0220. The average Bonchev–Trinajstić information content (AvgIpc) is 2.63. The molecule has 0 radical (unpaired) electrons. The zero-order valence-electron chi connectivity index (χ0n) is 9.56. The minimum Gasteiger partial charge on any atom is -0.370 e. The van der Waals surface area contributed by atoms with Gasteiger partial charge in [0.2, 0.25) is 0 Å². The zero-order chi connectivity index (χ0) is 11.1. The molecule has 84 valence electrons. The highest BCUT2D eigenvalue weighted by Gasteiger charge is 2.31. The van der Waals surface area contributed by atoms with Crippen LogP contribution in [0.3, 0.4) is 0 Å². The Morgan fingerprint density at radius 1 is 1.53 bits per heavy atom. The molecule has 0 saturated carbocycles. The first-order valence-corrected chi connectivity index (χ1v) is 5.37. The molecule has 0 N–H and O–H groups in total. The van der Waals surface area contributed by atoms with Gasteiger partial charge in [0, 0.05) is 19.4 Å². The van der Waals surface area contributed by atoms with Gasteiger partial charge in [-0.25, -0.2) is 4.79 Å². The Labute approximate surface area is 89.5 Å².